The van der Waals surface area contributed by atoms with Gasteiger partial charge in [-0.15, -0.1) is 0 Å². The van der Waals surface area contributed by atoms with E-state index in [-0.39, 0.29) is 30.0 Å². The second kappa shape index (κ2) is 8.30. The summed E-state index contributed by atoms with van der Waals surface area (Å²) in [6, 6.07) is 7.51. The van der Waals surface area contributed by atoms with Crippen molar-refractivity contribution < 1.29 is 13.9 Å². The lowest BCUT2D eigenvalue weighted by Gasteiger charge is -2.28. The number of morpholine rings is 1. The van der Waals surface area contributed by atoms with E-state index in [2.05, 4.69) is 31.6 Å². The standard InChI is InChI=1S/C24H23FN6O2/c1-24(25)6-2-3-15(12-26)22(24)18-11-17(21-19(29-18)14-28-23(21)32)30-20-5-4-16(13-27-20)31-7-9-33-10-8-31/h2-5,11,13H,6-10,14H2,1H3,(H,28,32)(H,27,29,30). The molecule has 0 spiro atoms. The normalized spacial score (nSPS) is 22.1. The molecule has 0 aromatic carbocycles. The molecule has 33 heavy (non-hydrogen) atoms. The molecular formula is C24H23FN6O2. The molecule has 1 atom stereocenters. The first-order chi connectivity index (χ1) is 16.0. The number of pyridine rings is 2. The molecule has 2 aliphatic heterocycles. The van der Waals surface area contributed by atoms with Gasteiger partial charge in [-0.3, -0.25) is 9.78 Å². The zero-order valence-corrected chi connectivity index (χ0v) is 18.2. The van der Waals surface area contributed by atoms with Crippen molar-refractivity contribution in [1.29, 1.82) is 5.26 Å². The van der Waals surface area contributed by atoms with Crippen molar-refractivity contribution in [2.75, 3.05) is 36.5 Å². The molecule has 168 valence electrons. The fourth-order valence-electron chi connectivity index (χ4n) is 4.43. The zero-order valence-electron chi connectivity index (χ0n) is 18.2. The van der Waals surface area contributed by atoms with Crippen molar-refractivity contribution in [3.8, 4) is 6.07 Å². The van der Waals surface area contributed by atoms with Gasteiger partial charge in [0.05, 0.1) is 65.9 Å². The predicted octanol–water partition coefficient (Wildman–Crippen LogP) is 3.27. The minimum absolute atomic E-state index is 0.150. The Morgan fingerprint density at radius 3 is 2.88 bits per heavy atom. The first kappa shape index (κ1) is 21.1. The third-order valence-electron chi connectivity index (χ3n) is 6.08. The number of hydrogen-bond donors (Lipinski definition) is 2. The minimum atomic E-state index is -1.74. The van der Waals surface area contributed by atoms with E-state index in [1.54, 1.807) is 24.4 Å². The number of carbonyl (C=O) groups excluding carboxylic acids is 1. The first-order valence-electron chi connectivity index (χ1n) is 10.8. The third kappa shape index (κ3) is 3.94. The Kier molecular flexibility index (Phi) is 5.30. The summed E-state index contributed by atoms with van der Waals surface area (Å²) in [4.78, 5) is 23.8. The minimum Gasteiger partial charge on any atom is -0.378 e. The lowest BCUT2D eigenvalue weighted by molar-refractivity contribution is 0.0966. The highest BCUT2D eigenvalue weighted by atomic mass is 19.1. The van der Waals surface area contributed by atoms with E-state index in [0.29, 0.717) is 41.7 Å². The van der Waals surface area contributed by atoms with Gasteiger partial charge in [0.1, 0.15) is 11.5 Å². The number of carbonyl (C=O) groups is 1. The van der Waals surface area contributed by atoms with Crippen LogP contribution in [0, 0.1) is 11.3 Å². The average Bonchev–Trinajstić information content (AvgIpc) is 3.20. The predicted molar refractivity (Wildman–Crippen MR) is 122 cm³/mol. The van der Waals surface area contributed by atoms with E-state index in [1.807, 2.05) is 12.1 Å². The fraction of sp³-hybridized carbons (Fsp3) is 0.333. The summed E-state index contributed by atoms with van der Waals surface area (Å²) in [5.74, 6) is 0.296. The summed E-state index contributed by atoms with van der Waals surface area (Å²) < 4.78 is 20.8. The third-order valence-corrected chi connectivity index (χ3v) is 6.08. The monoisotopic (exact) mass is 446 g/mol. The van der Waals surface area contributed by atoms with Gasteiger partial charge >= 0.3 is 0 Å². The molecule has 1 saturated heterocycles. The fourth-order valence-corrected chi connectivity index (χ4v) is 4.43. The van der Waals surface area contributed by atoms with Gasteiger partial charge < -0.3 is 20.3 Å². The molecule has 0 saturated carbocycles. The van der Waals surface area contributed by atoms with Crippen molar-refractivity contribution in [2.24, 2.45) is 0 Å². The molecule has 1 unspecified atom stereocenters. The second-order valence-corrected chi connectivity index (χ2v) is 8.39. The molecule has 4 heterocycles. The maximum absolute atomic E-state index is 15.4. The van der Waals surface area contributed by atoms with Crippen LogP contribution in [-0.2, 0) is 11.3 Å². The number of halogens is 1. The van der Waals surface area contributed by atoms with Crippen LogP contribution in [0.25, 0.3) is 5.57 Å². The quantitative estimate of drug-likeness (QED) is 0.743. The number of nitrogens with one attached hydrogen (secondary N) is 2. The number of rotatable bonds is 4. The first-order valence-corrected chi connectivity index (χ1v) is 10.8. The number of nitriles is 1. The van der Waals surface area contributed by atoms with Crippen LogP contribution in [-0.4, -0.2) is 47.8 Å². The highest BCUT2D eigenvalue weighted by molar-refractivity contribution is 6.04. The van der Waals surface area contributed by atoms with Crippen molar-refractivity contribution in [3.63, 3.8) is 0 Å². The van der Waals surface area contributed by atoms with Crippen LogP contribution in [0.5, 0.6) is 0 Å². The number of nitrogens with zero attached hydrogens (tertiary/aromatic N) is 4. The van der Waals surface area contributed by atoms with Crippen LogP contribution in [0.1, 0.15) is 35.1 Å². The number of alkyl halides is 1. The van der Waals surface area contributed by atoms with E-state index >= 15 is 4.39 Å². The Morgan fingerprint density at radius 2 is 2.15 bits per heavy atom. The Morgan fingerprint density at radius 1 is 1.33 bits per heavy atom. The summed E-state index contributed by atoms with van der Waals surface area (Å²) in [6.45, 7) is 4.67. The molecule has 5 rings (SSSR count). The van der Waals surface area contributed by atoms with Crippen LogP contribution >= 0.6 is 0 Å². The molecule has 2 aromatic rings. The van der Waals surface area contributed by atoms with Gasteiger partial charge in [0.25, 0.3) is 5.91 Å². The van der Waals surface area contributed by atoms with Crippen LogP contribution < -0.4 is 15.5 Å². The molecule has 9 heteroatoms. The van der Waals surface area contributed by atoms with E-state index < -0.39 is 5.67 Å². The Labute approximate surface area is 190 Å². The summed E-state index contributed by atoms with van der Waals surface area (Å²) >= 11 is 0. The van der Waals surface area contributed by atoms with Gasteiger partial charge in [0.2, 0.25) is 0 Å². The molecule has 1 fully saturated rings. The number of aromatic nitrogens is 2. The SMILES string of the molecule is CC1(F)CC=CC(C#N)=C1c1cc(Nc2ccc(N3CCOCC3)cn2)c2c(n1)CNC2=O. The largest absolute Gasteiger partial charge is 0.378 e. The lowest BCUT2D eigenvalue weighted by Crippen LogP contribution is -2.36. The Hall–Kier alpha value is -3.77. The van der Waals surface area contributed by atoms with Crippen molar-refractivity contribution >= 4 is 28.7 Å². The van der Waals surface area contributed by atoms with Crippen LogP contribution in [0.4, 0.5) is 21.6 Å². The number of amides is 1. The maximum atomic E-state index is 15.4. The molecule has 8 nitrogen and oxygen atoms in total. The second-order valence-electron chi connectivity index (χ2n) is 8.39. The highest BCUT2D eigenvalue weighted by Gasteiger charge is 2.36. The highest BCUT2D eigenvalue weighted by Crippen LogP contribution is 2.41. The van der Waals surface area contributed by atoms with E-state index in [4.69, 9.17) is 4.74 Å². The van der Waals surface area contributed by atoms with Gasteiger partial charge in [-0.25, -0.2) is 9.37 Å². The molecular weight excluding hydrogens is 423 g/mol. The van der Waals surface area contributed by atoms with Gasteiger partial charge in [-0.2, -0.15) is 5.26 Å². The number of hydrogen-bond acceptors (Lipinski definition) is 7. The summed E-state index contributed by atoms with van der Waals surface area (Å²) in [7, 11) is 0. The smallest absolute Gasteiger partial charge is 0.255 e. The van der Waals surface area contributed by atoms with Crippen molar-refractivity contribution in [1.82, 2.24) is 15.3 Å². The lowest BCUT2D eigenvalue weighted by atomic mass is 9.83. The van der Waals surface area contributed by atoms with Gasteiger partial charge in [-0.05, 0) is 31.2 Å². The molecule has 1 amide bonds. The summed E-state index contributed by atoms with van der Waals surface area (Å²) in [6.07, 6.45) is 5.20. The molecule has 0 radical (unpaired) electrons. The van der Waals surface area contributed by atoms with Gasteiger partial charge in [-0.1, -0.05) is 6.08 Å². The zero-order chi connectivity index (χ0) is 23.0. The van der Waals surface area contributed by atoms with Gasteiger partial charge in [0, 0.05) is 25.1 Å². The topological polar surface area (TPSA) is 103 Å². The Bertz CT molecular complexity index is 1210. The molecule has 2 N–H and O–H groups in total. The Balaban J connectivity index is 1.52. The summed E-state index contributed by atoms with van der Waals surface area (Å²) in [5, 5.41) is 15.5. The molecule has 0 bridgehead atoms. The van der Waals surface area contributed by atoms with Gasteiger partial charge in [0.15, 0.2) is 0 Å². The number of fused-ring (bicyclic) bond motifs is 1. The number of ether oxygens (including phenoxy) is 1. The molecule has 3 aliphatic rings. The molecule has 1 aliphatic carbocycles. The van der Waals surface area contributed by atoms with Crippen molar-refractivity contribution in [3.05, 3.63) is 59.1 Å². The number of allylic oxidation sites excluding steroid dienone is 4. The average molecular weight is 446 g/mol. The van der Waals surface area contributed by atoms with Crippen LogP contribution in [0.3, 0.4) is 0 Å². The van der Waals surface area contributed by atoms with E-state index in [1.165, 1.54) is 6.92 Å². The van der Waals surface area contributed by atoms with E-state index in [0.717, 1.165) is 18.8 Å². The molecule has 2 aromatic heterocycles. The summed E-state index contributed by atoms with van der Waals surface area (Å²) in [5.41, 5.74) is 1.45. The van der Waals surface area contributed by atoms with Crippen LogP contribution in [0.2, 0.25) is 0 Å². The maximum Gasteiger partial charge on any atom is 0.255 e. The van der Waals surface area contributed by atoms with E-state index in [9.17, 15) is 10.1 Å². The number of anilines is 3. The van der Waals surface area contributed by atoms with Crippen molar-refractivity contribution in [2.45, 2.75) is 25.6 Å². The van der Waals surface area contributed by atoms with Crippen LogP contribution in [0.15, 0.2) is 42.1 Å².